The molecule has 4 heteroatoms. The van der Waals surface area contributed by atoms with Crippen LogP contribution < -0.4 is 0 Å². The average Bonchev–Trinajstić information content (AvgIpc) is 3.48. The summed E-state index contributed by atoms with van der Waals surface area (Å²) < 4.78 is 2.44. The fraction of sp³-hybridized carbons (Fsp3) is 0.320. The Morgan fingerprint density at radius 3 is 2.79 bits per heavy atom. The van der Waals surface area contributed by atoms with Crippen LogP contribution in [-0.4, -0.2) is 38.8 Å². The molecule has 1 N–H and O–H groups in total. The van der Waals surface area contributed by atoms with Gasteiger partial charge in [-0.2, -0.15) is 5.10 Å². The van der Waals surface area contributed by atoms with E-state index >= 15 is 0 Å². The van der Waals surface area contributed by atoms with E-state index in [4.69, 9.17) is 0 Å². The van der Waals surface area contributed by atoms with Crippen molar-refractivity contribution in [1.29, 1.82) is 0 Å². The lowest BCUT2D eigenvalue weighted by atomic mass is 10.1. The third kappa shape index (κ3) is 3.85. The van der Waals surface area contributed by atoms with Gasteiger partial charge in [-0.05, 0) is 55.0 Å². The Labute approximate surface area is 172 Å². The van der Waals surface area contributed by atoms with E-state index in [1.54, 1.807) is 0 Å². The van der Waals surface area contributed by atoms with E-state index < -0.39 is 0 Å². The minimum absolute atomic E-state index is 0.665. The molecule has 3 heterocycles. The number of aromatic nitrogens is 3. The molecule has 4 nitrogen and oxygen atoms in total. The Morgan fingerprint density at radius 2 is 1.97 bits per heavy atom. The van der Waals surface area contributed by atoms with Crippen molar-refractivity contribution in [3.05, 3.63) is 78.8 Å². The first-order valence-electron chi connectivity index (χ1n) is 10.6. The van der Waals surface area contributed by atoms with Gasteiger partial charge >= 0.3 is 0 Å². The van der Waals surface area contributed by atoms with Gasteiger partial charge in [0.05, 0.1) is 6.20 Å². The number of hydrogen-bond donors (Lipinski definition) is 1. The Kier molecular flexibility index (Phi) is 4.94. The summed E-state index contributed by atoms with van der Waals surface area (Å²) in [6.07, 6.45) is 8.49. The van der Waals surface area contributed by atoms with E-state index in [1.165, 1.54) is 35.0 Å². The topological polar surface area (TPSA) is 36.9 Å². The SMILES string of the molecule is C[C@H]1CC(Cn2ccc3cc(-c4cn[nH]c4)ccc32)CN1CCc1ccccc1. The first-order chi connectivity index (χ1) is 14.3. The van der Waals surface area contributed by atoms with Crippen molar-refractivity contribution in [3.8, 4) is 11.1 Å². The highest BCUT2D eigenvalue weighted by Crippen LogP contribution is 2.28. The van der Waals surface area contributed by atoms with Crippen molar-refractivity contribution >= 4 is 10.9 Å². The second kappa shape index (κ2) is 7.88. The molecule has 1 saturated heterocycles. The molecule has 1 aliphatic rings. The van der Waals surface area contributed by atoms with E-state index in [2.05, 4.69) is 87.4 Å². The molecule has 2 atom stereocenters. The van der Waals surface area contributed by atoms with Gasteiger partial charge in [0.1, 0.15) is 0 Å². The van der Waals surface area contributed by atoms with E-state index in [1.807, 2.05) is 12.4 Å². The maximum atomic E-state index is 4.07. The lowest BCUT2D eigenvalue weighted by Gasteiger charge is -2.21. The number of likely N-dealkylation sites (tertiary alicyclic amines) is 1. The van der Waals surface area contributed by atoms with Crippen molar-refractivity contribution < 1.29 is 0 Å². The van der Waals surface area contributed by atoms with Crippen LogP contribution in [0.1, 0.15) is 18.9 Å². The van der Waals surface area contributed by atoms with E-state index in [-0.39, 0.29) is 0 Å². The molecule has 148 valence electrons. The molecule has 1 fully saturated rings. The molecule has 0 spiro atoms. The summed E-state index contributed by atoms with van der Waals surface area (Å²) >= 11 is 0. The van der Waals surface area contributed by atoms with Gasteiger partial charge in [-0.25, -0.2) is 0 Å². The standard InChI is InChI=1S/C25H28N4/c1-19-13-21(17-28(19)11-9-20-5-3-2-4-6-20)18-29-12-10-23-14-22(7-8-25(23)29)24-15-26-27-16-24/h2-8,10,12,14-16,19,21H,9,11,13,17-18H2,1H3,(H,26,27)/t19-,21?/m0/s1. The zero-order chi connectivity index (χ0) is 19.6. The monoisotopic (exact) mass is 384 g/mol. The maximum Gasteiger partial charge on any atom is 0.0565 e. The van der Waals surface area contributed by atoms with Crippen LogP contribution in [0.2, 0.25) is 0 Å². The molecule has 1 aliphatic heterocycles. The molecule has 0 amide bonds. The molecule has 0 saturated carbocycles. The summed E-state index contributed by atoms with van der Waals surface area (Å²) in [7, 11) is 0. The lowest BCUT2D eigenvalue weighted by Crippen LogP contribution is -2.29. The number of nitrogens with one attached hydrogen (secondary N) is 1. The molecule has 0 bridgehead atoms. The summed E-state index contributed by atoms with van der Waals surface area (Å²) in [5, 5.41) is 8.27. The molecule has 2 aromatic heterocycles. The molecule has 5 rings (SSSR count). The van der Waals surface area contributed by atoms with Crippen LogP contribution in [0.4, 0.5) is 0 Å². The number of H-pyrrole nitrogens is 1. The number of aromatic amines is 1. The molecular weight excluding hydrogens is 356 g/mol. The Morgan fingerprint density at radius 1 is 1.07 bits per heavy atom. The number of fused-ring (bicyclic) bond motifs is 1. The summed E-state index contributed by atoms with van der Waals surface area (Å²) in [6, 6.07) is 20.5. The predicted molar refractivity (Wildman–Crippen MR) is 119 cm³/mol. The van der Waals surface area contributed by atoms with Gasteiger partial charge in [0.25, 0.3) is 0 Å². The normalized spacial score (nSPS) is 19.9. The molecule has 0 radical (unpaired) electrons. The molecular formula is C25H28N4. The van der Waals surface area contributed by atoms with Crippen molar-refractivity contribution in [3.63, 3.8) is 0 Å². The minimum Gasteiger partial charge on any atom is -0.347 e. The van der Waals surface area contributed by atoms with Crippen LogP contribution in [0.25, 0.3) is 22.0 Å². The first-order valence-corrected chi connectivity index (χ1v) is 10.6. The highest BCUT2D eigenvalue weighted by Gasteiger charge is 2.28. The minimum atomic E-state index is 0.665. The number of hydrogen-bond acceptors (Lipinski definition) is 2. The van der Waals surface area contributed by atoms with Crippen LogP contribution in [0, 0.1) is 5.92 Å². The number of benzene rings is 2. The van der Waals surface area contributed by atoms with Crippen molar-refractivity contribution in [1.82, 2.24) is 19.7 Å². The molecule has 29 heavy (non-hydrogen) atoms. The zero-order valence-electron chi connectivity index (χ0n) is 17.0. The highest BCUT2D eigenvalue weighted by atomic mass is 15.2. The summed E-state index contributed by atoms with van der Waals surface area (Å²) in [5.74, 6) is 0.713. The Hall–Kier alpha value is -2.85. The van der Waals surface area contributed by atoms with Gasteiger partial charge in [-0.15, -0.1) is 0 Å². The van der Waals surface area contributed by atoms with Gasteiger partial charge in [-0.3, -0.25) is 10.00 Å². The molecule has 4 aromatic rings. The second-order valence-corrected chi connectivity index (χ2v) is 8.41. The summed E-state index contributed by atoms with van der Waals surface area (Å²) in [5.41, 5.74) is 5.12. The Balaban J connectivity index is 1.25. The van der Waals surface area contributed by atoms with Crippen LogP contribution in [0.3, 0.4) is 0 Å². The zero-order valence-corrected chi connectivity index (χ0v) is 17.0. The third-order valence-electron chi connectivity index (χ3n) is 6.38. The average molecular weight is 385 g/mol. The molecule has 1 unspecified atom stereocenters. The summed E-state index contributed by atoms with van der Waals surface area (Å²) in [4.78, 5) is 2.67. The van der Waals surface area contributed by atoms with Crippen LogP contribution >= 0.6 is 0 Å². The molecule has 0 aliphatic carbocycles. The Bertz CT molecular complexity index is 1060. The lowest BCUT2D eigenvalue weighted by molar-refractivity contribution is 0.265. The van der Waals surface area contributed by atoms with Gasteiger partial charge in [0, 0.05) is 54.5 Å². The smallest absolute Gasteiger partial charge is 0.0565 e. The maximum absolute atomic E-state index is 4.07. The van der Waals surface area contributed by atoms with Crippen LogP contribution in [0.5, 0.6) is 0 Å². The quantitative estimate of drug-likeness (QED) is 0.509. The van der Waals surface area contributed by atoms with E-state index in [0.29, 0.717) is 12.0 Å². The van der Waals surface area contributed by atoms with Crippen molar-refractivity contribution in [2.75, 3.05) is 13.1 Å². The fourth-order valence-electron chi connectivity index (χ4n) is 4.80. The van der Waals surface area contributed by atoms with Crippen molar-refractivity contribution in [2.45, 2.75) is 32.4 Å². The van der Waals surface area contributed by atoms with E-state index in [9.17, 15) is 0 Å². The van der Waals surface area contributed by atoms with Crippen molar-refractivity contribution in [2.24, 2.45) is 5.92 Å². The van der Waals surface area contributed by atoms with E-state index in [0.717, 1.165) is 25.1 Å². The van der Waals surface area contributed by atoms with Crippen LogP contribution in [0.15, 0.2) is 73.2 Å². The number of rotatable bonds is 6. The van der Waals surface area contributed by atoms with Crippen LogP contribution in [-0.2, 0) is 13.0 Å². The largest absolute Gasteiger partial charge is 0.347 e. The molecule has 2 aromatic carbocycles. The number of nitrogens with zero attached hydrogens (tertiary/aromatic N) is 3. The van der Waals surface area contributed by atoms with Gasteiger partial charge < -0.3 is 4.57 Å². The van der Waals surface area contributed by atoms with Gasteiger partial charge in [-0.1, -0.05) is 36.4 Å². The second-order valence-electron chi connectivity index (χ2n) is 8.41. The fourth-order valence-corrected chi connectivity index (χ4v) is 4.80. The first kappa shape index (κ1) is 18.2. The van der Waals surface area contributed by atoms with Gasteiger partial charge in [0.2, 0.25) is 0 Å². The third-order valence-corrected chi connectivity index (χ3v) is 6.38. The predicted octanol–water partition coefficient (Wildman–Crippen LogP) is 4.98. The van der Waals surface area contributed by atoms with Gasteiger partial charge in [0.15, 0.2) is 0 Å². The summed E-state index contributed by atoms with van der Waals surface area (Å²) in [6.45, 7) is 5.83. The highest BCUT2D eigenvalue weighted by molar-refractivity contribution is 5.85.